The maximum atomic E-state index is 10.9. The minimum absolute atomic E-state index is 0.133. The van der Waals surface area contributed by atoms with E-state index in [0.717, 1.165) is 25.5 Å². The second-order valence-corrected chi connectivity index (χ2v) is 4.03. The zero-order valence-electron chi connectivity index (χ0n) is 9.62. The lowest BCUT2D eigenvalue weighted by Gasteiger charge is -2.16. The van der Waals surface area contributed by atoms with Gasteiger partial charge in [0, 0.05) is 19.6 Å². The topological polar surface area (TPSA) is 47.6 Å². The summed E-state index contributed by atoms with van der Waals surface area (Å²) in [5.74, 6) is 0.648. The first-order valence-corrected chi connectivity index (χ1v) is 5.57. The second kappa shape index (κ2) is 6.80. The van der Waals surface area contributed by atoms with Crippen molar-refractivity contribution in [2.24, 2.45) is 5.92 Å². The van der Waals surface area contributed by atoms with E-state index in [9.17, 15) is 4.79 Å². The summed E-state index contributed by atoms with van der Waals surface area (Å²) in [5, 5.41) is 3.43. The largest absolute Gasteiger partial charge is 0.469 e. The van der Waals surface area contributed by atoms with Gasteiger partial charge in [-0.3, -0.25) is 4.79 Å². The molecule has 4 nitrogen and oxygen atoms in total. The van der Waals surface area contributed by atoms with E-state index in [1.165, 1.54) is 20.0 Å². The molecule has 0 saturated heterocycles. The van der Waals surface area contributed by atoms with Crippen LogP contribution in [-0.4, -0.2) is 39.4 Å². The standard InChI is InChI=1S/C11H21NO3/c1-14-8-10(9-5-6-9)12-7-3-4-11(13)15-2/h9-10,12H,3-8H2,1-2H3. The Labute approximate surface area is 91.3 Å². The molecule has 1 aliphatic carbocycles. The lowest BCUT2D eigenvalue weighted by Crippen LogP contribution is -2.35. The monoisotopic (exact) mass is 215 g/mol. The van der Waals surface area contributed by atoms with Crippen LogP contribution in [0.25, 0.3) is 0 Å². The van der Waals surface area contributed by atoms with Crippen LogP contribution in [-0.2, 0) is 14.3 Å². The van der Waals surface area contributed by atoms with Crippen LogP contribution in [0.3, 0.4) is 0 Å². The number of hydrogen-bond acceptors (Lipinski definition) is 4. The van der Waals surface area contributed by atoms with Crippen molar-refractivity contribution in [3.05, 3.63) is 0 Å². The number of nitrogens with one attached hydrogen (secondary N) is 1. The van der Waals surface area contributed by atoms with Crippen molar-refractivity contribution >= 4 is 5.97 Å². The Hall–Kier alpha value is -0.610. The zero-order chi connectivity index (χ0) is 11.1. The number of methoxy groups -OCH3 is 2. The number of carbonyl (C=O) groups is 1. The van der Waals surface area contributed by atoms with Crippen LogP contribution in [0.5, 0.6) is 0 Å². The smallest absolute Gasteiger partial charge is 0.305 e. The quantitative estimate of drug-likeness (QED) is 0.484. The minimum Gasteiger partial charge on any atom is -0.469 e. The fraction of sp³-hybridized carbons (Fsp3) is 0.909. The molecule has 0 spiro atoms. The first kappa shape index (κ1) is 12.5. The number of rotatable bonds is 8. The van der Waals surface area contributed by atoms with E-state index in [0.29, 0.717) is 12.5 Å². The molecular formula is C11H21NO3. The molecular weight excluding hydrogens is 194 g/mol. The molecule has 1 fully saturated rings. The average Bonchev–Trinajstić information content (AvgIpc) is 3.06. The molecule has 0 bridgehead atoms. The third-order valence-corrected chi connectivity index (χ3v) is 2.73. The first-order valence-electron chi connectivity index (χ1n) is 5.57. The molecule has 0 amide bonds. The molecule has 4 heteroatoms. The van der Waals surface area contributed by atoms with Crippen LogP contribution in [0.1, 0.15) is 25.7 Å². The summed E-state index contributed by atoms with van der Waals surface area (Å²) < 4.78 is 9.72. The molecule has 1 atom stereocenters. The molecule has 1 N–H and O–H groups in total. The van der Waals surface area contributed by atoms with E-state index >= 15 is 0 Å². The molecule has 1 saturated carbocycles. The maximum Gasteiger partial charge on any atom is 0.305 e. The van der Waals surface area contributed by atoms with Gasteiger partial charge in [-0.2, -0.15) is 0 Å². The van der Waals surface area contributed by atoms with Crippen molar-refractivity contribution in [2.75, 3.05) is 27.4 Å². The van der Waals surface area contributed by atoms with Gasteiger partial charge in [-0.1, -0.05) is 0 Å². The molecule has 0 heterocycles. The summed E-state index contributed by atoms with van der Waals surface area (Å²) in [5.41, 5.74) is 0. The second-order valence-electron chi connectivity index (χ2n) is 4.03. The molecule has 1 unspecified atom stereocenters. The van der Waals surface area contributed by atoms with Gasteiger partial charge in [0.05, 0.1) is 13.7 Å². The van der Waals surface area contributed by atoms with Crippen molar-refractivity contribution in [3.63, 3.8) is 0 Å². The van der Waals surface area contributed by atoms with Crippen LogP contribution in [0.4, 0.5) is 0 Å². The third-order valence-electron chi connectivity index (χ3n) is 2.73. The Morgan fingerprint density at radius 3 is 2.73 bits per heavy atom. The highest BCUT2D eigenvalue weighted by Gasteiger charge is 2.30. The van der Waals surface area contributed by atoms with Crippen LogP contribution >= 0.6 is 0 Å². The van der Waals surface area contributed by atoms with E-state index in [1.807, 2.05) is 0 Å². The molecule has 0 aliphatic heterocycles. The van der Waals surface area contributed by atoms with Crippen molar-refractivity contribution in [2.45, 2.75) is 31.7 Å². The van der Waals surface area contributed by atoms with Crippen LogP contribution in [0.2, 0.25) is 0 Å². The Morgan fingerprint density at radius 1 is 1.47 bits per heavy atom. The Kier molecular flexibility index (Phi) is 5.65. The molecule has 0 radical (unpaired) electrons. The van der Waals surface area contributed by atoms with Crippen molar-refractivity contribution in [1.82, 2.24) is 5.32 Å². The number of carbonyl (C=O) groups excluding carboxylic acids is 1. The summed E-state index contributed by atoms with van der Waals surface area (Å²) in [6.45, 7) is 1.63. The van der Waals surface area contributed by atoms with E-state index < -0.39 is 0 Å². The van der Waals surface area contributed by atoms with Gasteiger partial charge in [0.15, 0.2) is 0 Å². The lowest BCUT2D eigenvalue weighted by atomic mass is 10.2. The molecule has 15 heavy (non-hydrogen) atoms. The Balaban J connectivity index is 2.03. The average molecular weight is 215 g/mol. The van der Waals surface area contributed by atoms with Crippen LogP contribution in [0, 0.1) is 5.92 Å². The van der Waals surface area contributed by atoms with Crippen molar-refractivity contribution in [3.8, 4) is 0 Å². The van der Waals surface area contributed by atoms with Gasteiger partial charge < -0.3 is 14.8 Å². The molecule has 88 valence electrons. The van der Waals surface area contributed by atoms with E-state index in [4.69, 9.17) is 4.74 Å². The zero-order valence-corrected chi connectivity index (χ0v) is 9.62. The highest BCUT2D eigenvalue weighted by molar-refractivity contribution is 5.69. The molecule has 1 rings (SSSR count). The number of esters is 1. The van der Waals surface area contributed by atoms with Gasteiger partial charge in [-0.05, 0) is 31.7 Å². The molecule has 1 aliphatic rings. The van der Waals surface area contributed by atoms with Gasteiger partial charge in [0.25, 0.3) is 0 Å². The Bertz CT molecular complexity index is 192. The molecule has 0 aromatic carbocycles. The fourth-order valence-corrected chi connectivity index (χ4v) is 1.66. The summed E-state index contributed by atoms with van der Waals surface area (Å²) in [4.78, 5) is 10.9. The van der Waals surface area contributed by atoms with E-state index in [-0.39, 0.29) is 5.97 Å². The summed E-state index contributed by atoms with van der Waals surface area (Å²) in [7, 11) is 3.15. The van der Waals surface area contributed by atoms with Gasteiger partial charge in [-0.25, -0.2) is 0 Å². The number of ether oxygens (including phenoxy) is 2. The molecule has 0 aromatic heterocycles. The lowest BCUT2D eigenvalue weighted by molar-refractivity contribution is -0.140. The van der Waals surface area contributed by atoms with Gasteiger partial charge in [-0.15, -0.1) is 0 Å². The van der Waals surface area contributed by atoms with E-state index in [1.54, 1.807) is 7.11 Å². The van der Waals surface area contributed by atoms with E-state index in [2.05, 4.69) is 10.1 Å². The van der Waals surface area contributed by atoms with Crippen LogP contribution < -0.4 is 5.32 Å². The highest BCUT2D eigenvalue weighted by Crippen LogP contribution is 2.32. The third kappa shape index (κ3) is 5.14. The van der Waals surface area contributed by atoms with Gasteiger partial charge >= 0.3 is 5.97 Å². The van der Waals surface area contributed by atoms with Gasteiger partial charge in [0.2, 0.25) is 0 Å². The first-order chi connectivity index (χ1) is 7.27. The summed E-state index contributed by atoms with van der Waals surface area (Å²) >= 11 is 0. The Morgan fingerprint density at radius 2 is 2.20 bits per heavy atom. The molecule has 0 aromatic rings. The van der Waals surface area contributed by atoms with Crippen molar-refractivity contribution < 1.29 is 14.3 Å². The maximum absolute atomic E-state index is 10.9. The van der Waals surface area contributed by atoms with Gasteiger partial charge in [0.1, 0.15) is 0 Å². The SMILES string of the molecule is COCC(NCCCC(=O)OC)C1CC1. The predicted octanol–water partition coefficient (Wildman–Crippen LogP) is 0.954. The summed E-state index contributed by atoms with van der Waals surface area (Å²) in [6.07, 6.45) is 3.93. The summed E-state index contributed by atoms with van der Waals surface area (Å²) in [6, 6.07) is 0.465. The minimum atomic E-state index is -0.133. The normalized spacial score (nSPS) is 17.5. The number of hydrogen-bond donors (Lipinski definition) is 1. The van der Waals surface area contributed by atoms with Crippen molar-refractivity contribution in [1.29, 1.82) is 0 Å². The fourth-order valence-electron chi connectivity index (χ4n) is 1.66. The predicted molar refractivity (Wildman–Crippen MR) is 57.6 cm³/mol. The highest BCUT2D eigenvalue weighted by atomic mass is 16.5. The van der Waals surface area contributed by atoms with Crippen LogP contribution in [0.15, 0.2) is 0 Å².